The van der Waals surface area contributed by atoms with E-state index in [1.807, 2.05) is 24.3 Å². The molecule has 1 fully saturated rings. The summed E-state index contributed by atoms with van der Waals surface area (Å²) in [6, 6.07) is 7.37. The van der Waals surface area contributed by atoms with E-state index in [4.69, 9.17) is 44.3 Å². The average molecular weight is 443 g/mol. The summed E-state index contributed by atoms with van der Waals surface area (Å²) in [6.07, 6.45) is 0. The number of nitrogens with one attached hydrogen (secondary N) is 1. The van der Waals surface area contributed by atoms with E-state index in [2.05, 4.69) is 22.2 Å². The molecule has 0 aromatic heterocycles. The second-order valence-electron chi connectivity index (χ2n) is 6.08. The highest BCUT2D eigenvalue weighted by molar-refractivity contribution is 6.27. The standard InChI is InChI=1S/C14H21N3O2.2C2H2O4/c1-16-7-9-17(10-8-16)11-14(18)15-12-3-5-13(19-2)6-4-12;2*3-1(4)2(5)6/h3-6H,7-11H2,1-2H3,(H,15,18);2*(H,3,4)(H,5,6). The highest BCUT2D eigenvalue weighted by atomic mass is 16.5. The molecule has 1 aliphatic rings. The lowest BCUT2D eigenvalue weighted by atomic mass is 10.3. The first-order valence-corrected chi connectivity index (χ1v) is 8.73. The quantitative estimate of drug-likeness (QED) is 0.364. The molecule has 13 heteroatoms. The lowest BCUT2D eigenvalue weighted by Gasteiger charge is -2.31. The van der Waals surface area contributed by atoms with Crippen molar-refractivity contribution >= 4 is 35.5 Å². The Kier molecular flexibility index (Phi) is 12.6. The molecule has 5 N–H and O–H groups in total. The van der Waals surface area contributed by atoms with Crippen molar-refractivity contribution in [2.75, 3.05) is 52.2 Å². The summed E-state index contributed by atoms with van der Waals surface area (Å²) in [4.78, 5) is 52.8. The van der Waals surface area contributed by atoms with Gasteiger partial charge in [-0.1, -0.05) is 0 Å². The number of carbonyl (C=O) groups excluding carboxylic acids is 1. The number of hydrogen-bond donors (Lipinski definition) is 5. The molecule has 0 unspecified atom stereocenters. The molecule has 0 bridgehead atoms. The summed E-state index contributed by atoms with van der Waals surface area (Å²) < 4.78 is 5.08. The number of methoxy groups -OCH3 is 1. The SMILES string of the molecule is COc1ccc(NC(=O)CN2CCN(C)CC2)cc1.O=C(O)C(=O)O.O=C(O)C(=O)O. The number of hydrogen-bond acceptors (Lipinski definition) is 8. The molecule has 1 amide bonds. The number of benzene rings is 1. The van der Waals surface area contributed by atoms with E-state index in [1.54, 1.807) is 7.11 Å². The Morgan fingerprint density at radius 1 is 0.839 bits per heavy atom. The second-order valence-corrected chi connectivity index (χ2v) is 6.08. The predicted molar refractivity (Wildman–Crippen MR) is 106 cm³/mol. The number of anilines is 1. The third-order valence-electron chi connectivity index (χ3n) is 3.70. The molecule has 1 heterocycles. The highest BCUT2D eigenvalue weighted by Crippen LogP contribution is 2.14. The number of carboxylic acids is 4. The average Bonchev–Trinajstić information content (AvgIpc) is 2.71. The van der Waals surface area contributed by atoms with Crippen molar-refractivity contribution in [1.29, 1.82) is 0 Å². The van der Waals surface area contributed by atoms with Gasteiger partial charge < -0.3 is 35.4 Å². The van der Waals surface area contributed by atoms with Gasteiger partial charge in [0.05, 0.1) is 13.7 Å². The van der Waals surface area contributed by atoms with Crippen molar-refractivity contribution < 1.29 is 49.1 Å². The van der Waals surface area contributed by atoms with Crippen LogP contribution in [0, 0.1) is 0 Å². The van der Waals surface area contributed by atoms with Crippen LogP contribution < -0.4 is 10.1 Å². The number of piperazine rings is 1. The largest absolute Gasteiger partial charge is 0.497 e. The van der Waals surface area contributed by atoms with Gasteiger partial charge in [-0.25, -0.2) is 19.2 Å². The van der Waals surface area contributed by atoms with Gasteiger partial charge in [0, 0.05) is 31.9 Å². The number of ether oxygens (including phenoxy) is 1. The number of nitrogens with zero attached hydrogens (tertiary/aromatic N) is 2. The first-order valence-electron chi connectivity index (χ1n) is 8.73. The number of carbonyl (C=O) groups is 5. The van der Waals surface area contributed by atoms with Crippen LogP contribution in [0.15, 0.2) is 24.3 Å². The van der Waals surface area contributed by atoms with Crippen molar-refractivity contribution in [2.45, 2.75) is 0 Å². The fraction of sp³-hybridized carbons (Fsp3) is 0.389. The molecule has 0 aliphatic carbocycles. The zero-order valence-electron chi connectivity index (χ0n) is 17.0. The van der Waals surface area contributed by atoms with Crippen molar-refractivity contribution in [2.24, 2.45) is 0 Å². The second kappa shape index (κ2) is 14.3. The molecular formula is C18H25N3O10. The molecule has 1 aliphatic heterocycles. The fourth-order valence-corrected chi connectivity index (χ4v) is 2.08. The summed E-state index contributed by atoms with van der Waals surface area (Å²) in [5.41, 5.74) is 0.805. The zero-order chi connectivity index (χ0) is 24.0. The number of aliphatic carboxylic acids is 4. The van der Waals surface area contributed by atoms with Crippen LogP contribution in [0.1, 0.15) is 0 Å². The lowest BCUT2D eigenvalue weighted by Crippen LogP contribution is -2.47. The molecule has 0 spiro atoms. The van der Waals surface area contributed by atoms with Crippen molar-refractivity contribution in [3.8, 4) is 5.75 Å². The van der Waals surface area contributed by atoms with E-state index in [1.165, 1.54) is 0 Å². The zero-order valence-corrected chi connectivity index (χ0v) is 17.0. The molecular weight excluding hydrogens is 418 g/mol. The van der Waals surface area contributed by atoms with E-state index in [9.17, 15) is 4.79 Å². The normalized spacial score (nSPS) is 13.4. The lowest BCUT2D eigenvalue weighted by molar-refractivity contribution is -0.159. The number of carboxylic acid groups (broad SMARTS) is 4. The van der Waals surface area contributed by atoms with Gasteiger partial charge >= 0.3 is 23.9 Å². The summed E-state index contributed by atoms with van der Waals surface area (Å²) in [5.74, 6) is -6.47. The topological polar surface area (TPSA) is 194 Å². The van der Waals surface area contributed by atoms with Crippen LogP contribution in [0.3, 0.4) is 0 Å². The molecule has 1 saturated heterocycles. The Bertz CT molecular complexity index is 710. The molecule has 31 heavy (non-hydrogen) atoms. The maximum absolute atomic E-state index is 11.9. The van der Waals surface area contributed by atoms with E-state index in [0.29, 0.717) is 6.54 Å². The number of amides is 1. The van der Waals surface area contributed by atoms with Crippen LogP contribution in [0.5, 0.6) is 5.75 Å². The van der Waals surface area contributed by atoms with E-state index in [-0.39, 0.29) is 5.91 Å². The van der Waals surface area contributed by atoms with Gasteiger partial charge in [0.15, 0.2) is 0 Å². The van der Waals surface area contributed by atoms with Crippen molar-refractivity contribution in [3.63, 3.8) is 0 Å². The predicted octanol–water partition coefficient (Wildman–Crippen LogP) is -0.808. The fourth-order valence-electron chi connectivity index (χ4n) is 2.08. The van der Waals surface area contributed by atoms with Crippen LogP contribution in [0.2, 0.25) is 0 Å². The summed E-state index contributed by atoms with van der Waals surface area (Å²) in [7, 11) is 3.73. The van der Waals surface area contributed by atoms with Crippen LogP contribution in [-0.4, -0.2) is 107 Å². The van der Waals surface area contributed by atoms with Gasteiger partial charge in [0.25, 0.3) is 0 Å². The van der Waals surface area contributed by atoms with Crippen molar-refractivity contribution in [3.05, 3.63) is 24.3 Å². The monoisotopic (exact) mass is 443 g/mol. The first-order chi connectivity index (χ1) is 14.5. The van der Waals surface area contributed by atoms with Crippen molar-refractivity contribution in [1.82, 2.24) is 9.80 Å². The van der Waals surface area contributed by atoms with E-state index >= 15 is 0 Å². The van der Waals surface area contributed by atoms with E-state index < -0.39 is 23.9 Å². The van der Waals surface area contributed by atoms with Crippen LogP contribution in [0.4, 0.5) is 5.69 Å². The molecule has 2 rings (SSSR count). The third-order valence-corrected chi connectivity index (χ3v) is 3.70. The first kappa shape index (κ1) is 27.3. The summed E-state index contributed by atoms with van der Waals surface area (Å²) in [5, 5.41) is 32.5. The Morgan fingerprint density at radius 3 is 1.61 bits per heavy atom. The Balaban J connectivity index is 0.000000620. The van der Waals surface area contributed by atoms with Crippen LogP contribution >= 0.6 is 0 Å². The molecule has 172 valence electrons. The molecule has 13 nitrogen and oxygen atoms in total. The maximum Gasteiger partial charge on any atom is 0.414 e. The van der Waals surface area contributed by atoms with Gasteiger partial charge in [0.1, 0.15) is 5.75 Å². The Morgan fingerprint density at radius 2 is 1.26 bits per heavy atom. The number of likely N-dealkylation sites (N-methyl/N-ethyl adjacent to an activating group) is 1. The summed E-state index contributed by atoms with van der Waals surface area (Å²) in [6.45, 7) is 4.41. The van der Waals surface area contributed by atoms with E-state index in [0.717, 1.165) is 37.6 Å². The van der Waals surface area contributed by atoms with Gasteiger partial charge in [-0.2, -0.15) is 0 Å². The molecule has 0 saturated carbocycles. The smallest absolute Gasteiger partial charge is 0.414 e. The molecule has 1 aromatic rings. The Labute approximate surface area is 177 Å². The minimum absolute atomic E-state index is 0.0368. The van der Waals surface area contributed by atoms with Gasteiger partial charge in [-0.3, -0.25) is 9.69 Å². The maximum atomic E-state index is 11.9. The van der Waals surface area contributed by atoms with Gasteiger partial charge in [-0.05, 0) is 31.3 Å². The Hall–Kier alpha value is -3.71. The highest BCUT2D eigenvalue weighted by Gasteiger charge is 2.16. The minimum Gasteiger partial charge on any atom is -0.497 e. The van der Waals surface area contributed by atoms with Crippen LogP contribution in [0.25, 0.3) is 0 Å². The molecule has 0 atom stereocenters. The molecule has 1 aromatic carbocycles. The number of rotatable bonds is 4. The minimum atomic E-state index is -1.82. The van der Waals surface area contributed by atoms with Gasteiger partial charge in [-0.15, -0.1) is 0 Å². The van der Waals surface area contributed by atoms with Crippen LogP contribution in [-0.2, 0) is 24.0 Å². The van der Waals surface area contributed by atoms with Gasteiger partial charge in [0.2, 0.25) is 5.91 Å². The molecule has 0 radical (unpaired) electrons. The summed E-state index contributed by atoms with van der Waals surface area (Å²) >= 11 is 0. The third kappa shape index (κ3) is 13.2.